The molecule has 0 saturated heterocycles. The first-order chi connectivity index (χ1) is 13.6. The van der Waals surface area contributed by atoms with Crippen LogP contribution >= 0.6 is 0 Å². The molecule has 2 heteroatoms. The molecule has 0 aromatic rings. The molecule has 3 aliphatic rings. The molecule has 0 amide bonds. The van der Waals surface area contributed by atoms with Crippen LogP contribution in [0.4, 0.5) is 0 Å². The van der Waals surface area contributed by atoms with E-state index in [-0.39, 0.29) is 6.10 Å². The fraction of sp³-hybridized carbons (Fsp3) is 0.778. The van der Waals surface area contributed by atoms with Crippen LogP contribution in [0.15, 0.2) is 35.5 Å². The first-order valence-electron chi connectivity index (χ1n) is 12.1. The lowest BCUT2D eigenvalue weighted by Crippen LogP contribution is -2.36. The molecule has 3 aliphatic carbocycles. The Labute approximate surface area is 179 Å². The van der Waals surface area contributed by atoms with Crippen molar-refractivity contribution in [2.75, 3.05) is 0 Å². The third kappa shape index (κ3) is 5.44. The first-order valence-corrected chi connectivity index (χ1v) is 12.1. The second kappa shape index (κ2) is 9.10. The van der Waals surface area contributed by atoms with E-state index in [0.29, 0.717) is 5.41 Å². The number of aliphatic hydroxyl groups excluding tert-OH is 1. The fourth-order valence-corrected chi connectivity index (χ4v) is 6.67. The van der Waals surface area contributed by atoms with Crippen molar-refractivity contribution in [3.8, 4) is 0 Å². The maximum absolute atomic E-state index is 10.0. The average Bonchev–Trinajstić information content (AvgIpc) is 2.99. The van der Waals surface area contributed by atoms with Crippen molar-refractivity contribution in [3.05, 3.63) is 35.5 Å². The zero-order valence-electron chi connectivity index (χ0n) is 19.3. The second-order valence-electron chi connectivity index (χ2n) is 11.2. The molecule has 2 N–H and O–H groups in total. The molecule has 29 heavy (non-hydrogen) atoms. The van der Waals surface area contributed by atoms with Crippen LogP contribution in [0.25, 0.3) is 0 Å². The van der Waals surface area contributed by atoms with Gasteiger partial charge in [-0.25, -0.2) is 0 Å². The molecule has 0 unspecified atom stereocenters. The Hall–Kier alpha value is -0.860. The molecule has 0 spiro atoms. The lowest BCUT2D eigenvalue weighted by atomic mass is 9.63. The minimum atomic E-state index is -0.535. The van der Waals surface area contributed by atoms with E-state index in [1.807, 2.05) is 13.8 Å². The van der Waals surface area contributed by atoms with Crippen LogP contribution in [0, 0.1) is 23.2 Å². The largest absolute Gasteiger partial charge is 0.393 e. The van der Waals surface area contributed by atoms with E-state index in [0.717, 1.165) is 49.9 Å². The van der Waals surface area contributed by atoms with Crippen LogP contribution in [0.2, 0.25) is 0 Å². The third-order valence-corrected chi connectivity index (χ3v) is 8.36. The Bertz CT molecular complexity index is 650. The van der Waals surface area contributed by atoms with Gasteiger partial charge in [-0.15, -0.1) is 0 Å². The Morgan fingerprint density at radius 2 is 1.97 bits per heavy atom. The number of hydrogen-bond donors (Lipinski definition) is 2. The monoisotopic (exact) mass is 402 g/mol. The molecule has 3 rings (SSSR count). The van der Waals surface area contributed by atoms with Gasteiger partial charge in [0, 0.05) is 0 Å². The minimum Gasteiger partial charge on any atom is -0.393 e. The van der Waals surface area contributed by atoms with E-state index in [2.05, 4.69) is 32.6 Å². The highest BCUT2D eigenvalue weighted by molar-refractivity contribution is 5.36. The number of rotatable bonds is 6. The molecular formula is C27H44O2. The Morgan fingerprint density at radius 3 is 2.69 bits per heavy atom. The van der Waals surface area contributed by atoms with E-state index in [1.54, 1.807) is 5.57 Å². The summed E-state index contributed by atoms with van der Waals surface area (Å²) in [6, 6.07) is 0. The summed E-state index contributed by atoms with van der Waals surface area (Å²) >= 11 is 0. The summed E-state index contributed by atoms with van der Waals surface area (Å²) in [5, 5.41) is 20.1. The molecule has 0 bridgehead atoms. The van der Waals surface area contributed by atoms with Crippen molar-refractivity contribution in [2.45, 2.75) is 110 Å². The first kappa shape index (κ1) is 22.8. The fourth-order valence-electron chi connectivity index (χ4n) is 6.67. The van der Waals surface area contributed by atoms with Crippen molar-refractivity contribution in [2.24, 2.45) is 23.2 Å². The van der Waals surface area contributed by atoms with Crippen LogP contribution in [0.5, 0.6) is 0 Å². The number of allylic oxidation sites excluding steroid dienone is 4. The lowest BCUT2D eigenvalue weighted by molar-refractivity contribution is 0.0596. The Balaban J connectivity index is 1.68. The maximum atomic E-state index is 10.0. The summed E-state index contributed by atoms with van der Waals surface area (Å²) in [5.41, 5.74) is 4.02. The molecule has 5 atom stereocenters. The van der Waals surface area contributed by atoms with Gasteiger partial charge < -0.3 is 10.2 Å². The van der Waals surface area contributed by atoms with Crippen molar-refractivity contribution in [1.29, 1.82) is 0 Å². The van der Waals surface area contributed by atoms with E-state index in [9.17, 15) is 10.2 Å². The smallest absolute Gasteiger partial charge is 0.0591 e. The quantitative estimate of drug-likeness (QED) is 0.483. The molecule has 164 valence electrons. The molecule has 0 heterocycles. The molecule has 0 radical (unpaired) electrons. The summed E-state index contributed by atoms with van der Waals surface area (Å²) in [6.45, 7) is 13.1. The van der Waals surface area contributed by atoms with Gasteiger partial charge in [0.15, 0.2) is 0 Å². The van der Waals surface area contributed by atoms with Gasteiger partial charge in [-0.05, 0) is 100 Å². The van der Waals surface area contributed by atoms with Crippen molar-refractivity contribution >= 4 is 0 Å². The molecule has 3 fully saturated rings. The summed E-state index contributed by atoms with van der Waals surface area (Å²) in [4.78, 5) is 0. The predicted molar refractivity (Wildman–Crippen MR) is 123 cm³/mol. The van der Waals surface area contributed by atoms with Gasteiger partial charge in [0.25, 0.3) is 0 Å². The zero-order valence-corrected chi connectivity index (χ0v) is 19.3. The van der Waals surface area contributed by atoms with Gasteiger partial charge in [-0.1, -0.05) is 56.6 Å². The summed E-state index contributed by atoms with van der Waals surface area (Å²) in [7, 11) is 0. The van der Waals surface area contributed by atoms with Crippen LogP contribution in [0.1, 0.15) is 98.3 Å². The molecule has 3 saturated carbocycles. The molecule has 0 aliphatic heterocycles. The second-order valence-corrected chi connectivity index (χ2v) is 11.2. The predicted octanol–water partition coefficient (Wildman–Crippen LogP) is 6.73. The molecular weight excluding hydrogens is 358 g/mol. The van der Waals surface area contributed by atoms with Crippen LogP contribution < -0.4 is 0 Å². The van der Waals surface area contributed by atoms with E-state index in [4.69, 9.17) is 0 Å². The highest BCUT2D eigenvalue weighted by Crippen LogP contribution is 2.60. The highest BCUT2D eigenvalue weighted by Gasteiger charge is 2.50. The van der Waals surface area contributed by atoms with Crippen molar-refractivity contribution < 1.29 is 10.2 Å². The SMILES string of the molecule is C[C@H](CCCC(C)(C)O)[C@H]1CC[C@H]2/C(=C/C=C3/C[C@@H](O)CCC3=[13CH2])[13CH2]CC[C@]12C. The number of aliphatic hydroxyl groups is 2. The summed E-state index contributed by atoms with van der Waals surface area (Å²) in [6.07, 6.45) is 16.9. The standard InChI is InChI=1S/C27H44O2/c1-19-10-13-23(28)18-22(19)12-11-21-9-7-17-27(5)24(14-15-25(21)27)20(2)8-6-16-26(3,4)29/h11-12,20,23-25,28-29H,1,6-10,13-18H2,2-5H3/b21-11+,22-12-/t20-,23+,24-,25+,27-/m1/s1/i1+1,9+1. The molecule has 0 aromatic heterocycles. The van der Waals surface area contributed by atoms with Gasteiger partial charge in [-0.3, -0.25) is 0 Å². The highest BCUT2D eigenvalue weighted by atomic mass is 16.3. The zero-order chi connectivity index (χ0) is 21.2. The van der Waals surface area contributed by atoms with Gasteiger partial charge >= 0.3 is 0 Å². The van der Waals surface area contributed by atoms with Crippen molar-refractivity contribution in [3.63, 3.8) is 0 Å². The minimum absolute atomic E-state index is 0.192. The molecule has 0 aromatic carbocycles. The topological polar surface area (TPSA) is 40.5 Å². The van der Waals surface area contributed by atoms with Crippen LogP contribution in [0.3, 0.4) is 0 Å². The normalized spacial score (nSPS) is 37.2. The lowest BCUT2D eigenvalue weighted by Gasteiger charge is -2.44. The van der Waals surface area contributed by atoms with E-state index < -0.39 is 5.60 Å². The van der Waals surface area contributed by atoms with Gasteiger partial charge in [-0.2, -0.15) is 0 Å². The Morgan fingerprint density at radius 1 is 1.21 bits per heavy atom. The molecule has 2 nitrogen and oxygen atoms in total. The van der Waals surface area contributed by atoms with E-state index in [1.165, 1.54) is 49.7 Å². The van der Waals surface area contributed by atoms with Gasteiger partial charge in [0.05, 0.1) is 11.7 Å². The number of hydrogen-bond acceptors (Lipinski definition) is 2. The summed E-state index contributed by atoms with van der Waals surface area (Å²) < 4.78 is 0. The maximum Gasteiger partial charge on any atom is 0.0591 e. The van der Waals surface area contributed by atoms with Crippen LogP contribution in [-0.4, -0.2) is 21.9 Å². The number of fused-ring (bicyclic) bond motifs is 1. The summed E-state index contributed by atoms with van der Waals surface area (Å²) in [5.74, 6) is 2.26. The van der Waals surface area contributed by atoms with Crippen LogP contribution in [-0.2, 0) is 0 Å². The van der Waals surface area contributed by atoms with Gasteiger partial charge in [0.2, 0.25) is 0 Å². The average molecular weight is 403 g/mol. The van der Waals surface area contributed by atoms with Crippen molar-refractivity contribution in [1.82, 2.24) is 0 Å². The Kier molecular flexibility index (Phi) is 7.16. The third-order valence-electron chi connectivity index (χ3n) is 8.36. The van der Waals surface area contributed by atoms with Gasteiger partial charge in [0.1, 0.15) is 0 Å². The van der Waals surface area contributed by atoms with E-state index >= 15 is 0 Å².